The summed E-state index contributed by atoms with van der Waals surface area (Å²) in [6, 6.07) is 17.6. The van der Waals surface area contributed by atoms with Crippen LogP contribution in [0.5, 0.6) is 0 Å². The first-order valence-corrected chi connectivity index (χ1v) is 9.59. The number of benzene rings is 2. The smallest absolute Gasteiger partial charge is 0.257 e. The second-order valence-electron chi connectivity index (χ2n) is 6.81. The molecule has 2 aromatic carbocycles. The quantitative estimate of drug-likeness (QED) is 0.813. The highest BCUT2D eigenvalue weighted by atomic mass is 35.5. The van der Waals surface area contributed by atoms with Gasteiger partial charge in [-0.3, -0.25) is 9.69 Å². The van der Waals surface area contributed by atoms with Crippen molar-refractivity contribution in [2.45, 2.75) is 12.5 Å². The lowest BCUT2D eigenvalue weighted by Crippen LogP contribution is -2.43. The first-order valence-electron chi connectivity index (χ1n) is 9.21. The van der Waals surface area contributed by atoms with Crippen molar-refractivity contribution in [1.82, 2.24) is 9.91 Å². The van der Waals surface area contributed by atoms with Crippen LogP contribution in [0.1, 0.15) is 23.6 Å². The third kappa shape index (κ3) is 4.21. The topological polar surface area (TPSA) is 45.1 Å². The highest BCUT2D eigenvalue weighted by molar-refractivity contribution is 6.30. The number of hydrogen-bond acceptors (Lipinski definition) is 4. The lowest BCUT2D eigenvalue weighted by Gasteiger charge is -2.29. The highest BCUT2D eigenvalue weighted by Crippen LogP contribution is 2.33. The van der Waals surface area contributed by atoms with Crippen LogP contribution in [0.2, 0.25) is 5.02 Å². The standard InChI is InChI=1S/C21H22ClN3O2/c22-18-8-6-16(7-9-18)19-14-20(17-4-2-1-3-5-17)25(23-19)21(26)15-24-10-12-27-13-11-24/h1-9,20H,10-15H2/t20-/m1/s1. The minimum Gasteiger partial charge on any atom is -0.379 e. The van der Waals surface area contributed by atoms with E-state index in [2.05, 4.69) is 17.0 Å². The molecule has 0 aliphatic carbocycles. The molecule has 140 valence electrons. The second-order valence-corrected chi connectivity index (χ2v) is 7.25. The van der Waals surface area contributed by atoms with E-state index in [1.54, 1.807) is 5.01 Å². The Morgan fingerprint density at radius 3 is 2.48 bits per heavy atom. The predicted octanol–water partition coefficient (Wildman–Crippen LogP) is 3.35. The molecule has 4 rings (SSSR count). The lowest BCUT2D eigenvalue weighted by atomic mass is 9.98. The summed E-state index contributed by atoms with van der Waals surface area (Å²) < 4.78 is 5.38. The number of morpholine rings is 1. The molecule has 0 N–H and O–H groups in total. The van der Waals surface area contributed by atoms with Gasteiger partial charge in [-0.1, -0.05) is 54.1 Å². The molecule has 0 saturated carbocycles. The molecule has 0 aromatic heterocycles. The van der Waals surface area contributed by atoms with Gasteiger partial charge in [0.2, 0.25) is 0 Å². The molecule has 2 aromatic rings. The molecule has 0 spiro atoms. The Morgan fingerprint density at radius 2 is 1.78 bits per heavy atom. The molecule has 5 nitrogen and oxygen atoms in total. The molecule has 2 aliphatic rings. The zero-order valence-corrected chi connectivity index (χ0v) is 15.8. The Bertz CT molecular complexity index is 817. The van der Waals surface area contributed by atoms with Gasteiger partial charge in [-0.15, -0.1) is 0 Å². The van der Waals surface area contributed by atoms with Crippen molar-refractivity contribution in [2.24, 2.45) is 5.10 Å². The Hall–Kier alpha value is -2.21. The predicted molar refractivity (Wildman–Crippen MR) is 106 cm³/mol. The first kappa shape index (κ1) is 18.2. The number of nitrogens with zero attached hydrogens (tertiary/aromatic N) is 3. The third-order valence-electron chi connectivity index (χ3n) is 4.99. The number of rotatable bonds is 4. The second kappa shape index (κ2) is 8.21. The third-order valence-corrected chi connectivity index (χ3v) is 5.24. The maximum absolute atomic E-state index is 13.0. The minimum atomic E-state index is -0.0783. The van der Waals surface area contributed by atoms with Crippen molar-refractivity contribution in [2.75, 3.05) is 32.8 Å². The summed E-state index contributed by atoms with van der Waals surface area (Å²) in [5.41, 5.74) is 3.01. The van der Waals surface area contributed by atoms with Gasteiger partial charge in [0.05, 0.1) is 31.5 Å². The van der Waals surface area contributed by atoms with Crippen LogP contribution in [-0.2, 0) is 9.53 Å². The molecular weight excluding hydrogens is 362 g/mol. The fourth-order valence-corrected chi connectivity index (χ4v) is 3.64. The maximum atomic E-state index is 13.0. The van der Waals surface area contributed by atoms with Gasteiger partial charge in [0.15, 0.2) is 0 Å². The van der Waals surface area contributed by atoms with E-state index in [0.29, 0.717) is 31.2 Å². The molecular formula is C21H22ClN3O2. The lowest BCUT2D eigenvalue weighted by molar-refractivity contribution is -0.135. The Balaban J connectivity index is 1.58. The largest absolute Gasteiger partial charge is 0.379 e. The fourth-order valence-electron chi connectivity index (χ4n) is 3.51. The van der Waals surface area contributed by atoms with E-state index >= 15 is 0 Å². The monoisotopic (exact) mass is 383 g/mol. The fraction of sp³-hybridized carbons (Fsp3) is 0.333. The normalized spacial score (nSPS) is 20.6. The van der Waals surface area contributed by atoms with E-state index in [0.717, 1.165) is 29.9 Å². The van der Waals surface area contributed by atoms with Crippen molar-refractivity contribution >= 4 is 23.2 Å². The van der Waals surface area contributed by atoms with Crippen LogP contribution in [0.15, 0.2) is 59.7 Å². The van der Waals surface area contributed by atoms with E-state index in [1.807, 2.05) is 42.5 Å². The molecule has 0 unspecified atom stereocenters. The Kier molecular flexibility index (Phi) is 5.53. The average Bonchev–Trinajstić information content (AvgIpc) is 3.16. The molecule has 2 aliphatic heterocycles. The molecule has 6 heteroatoms. The summed E-state index contributed by atoms with van der Waals surface area (Å²) in [5, 5.41) is 7.06. The van der Waals surface area contributed by atoms with Crippen LogP contribution in [0, 0.1) is 0 Å². The Morgan fingerprint density at radius 1 is 1.07 bits per heavy atom. The first-order chi connectivity index (χ1) is 13.2. The van der Waals surface area contributed by atoms with Crippen LogP contribution in [-0.4, -0.2) is 54.4 Å². The van der Waals surface area contributed by atoms with Crippen molar-refractivity contribution in [3.63, 3.8) is 0 Å². The van der Waals surface area contributed by atoms with Crippen LogP contribution in [0.4, 0.5) is 0 Å². The van der Waals surface area contributed by atoms with Crippen molar-refractivity contribution < 1.29 is 9.53 Å². The van der Waals surface area contributed by atoms with Crippen LogP contribution < -0.4 is 0 Å². The number of halogens is 1. The van der Waals surface area contributed by atoms with Gasteiger partial charge in [-0.05, 0) is 23.3 Å². The van der Waals surface area contributed by atoms with Gasteiger partial charge in [0, 0.05) is 24.5 Å². The molecule has 27 heavy (non-hydrogen) atoms. The molecule has 2 heterocycles. The van der Waals surface area contributed by atoms with Crippen molar-refractivity contribution in [3.8, 4) is 0 Å². The highest BCUT2D eigenvalue weighted by Gasteiger charge is 2.33. The number of carbonyl (C=O) groups is 1. The molecule has 0 radical (unpaired) electrons. The molecule has 0 bridgehead atoms. The van der Waals surface area contributed by atoms with Gasteiger partial charge < -0.3 is 4.74 Å². The zero-order chi connectivity index (χ0) is 18.6. The number of hydrogen-bond donors (Lipinski definition) is 0. The van der Waals surface area contributed by atoms with Crippen LogP contribution >= 0.6 is 11.6 Å². The van der Waals surface area contributed by atoms with Gasteiger partial charge in [-0.25, -0.2) is 5.01 Å². The maximum Gasteiger partial charge on any atom is 0.257 e. The number of ether oxygens (including phenoxy) is 1. The number of amides is 1. The summed E-state index contributed by atoms with van der Waals surface area (Å²) in [4.78, 5) is 15.2. The van der Waals surface area contributed by atoms with E-state index in [-0.39, 0.29) is 11.9 Å². The molecule has 1 fully saturated rings. The van der Waals surface area contributed by atoms with Crippen molar-refractivity contribution in [3.05, 3.63) is 70.7 Å². The average molecular weight is 384 g/mol. The summed E-state index contributed by atoms with van der Waals surface area (Å²) in [7, 11) is 0. The van der Waals surface area contributed by atoms with Gasteiger partial charge in [0.1, 0.15) is 0 Å². The summed E-state index contributed by atoms with van der Waals surface area (Å²) in [5.74, 6) is 0.0229. The molecule has 1 atom stereocenters. The summed E-state index contributed by atoms with van der Waals surface area (Å²) >= 11 is 6.01. The summed E-state index contributed by atoms with van der Waals surface area (Å²) in [6.45, 7) is 3.28. The summed E-state index contributed by atoms with van der Waals surface area (Å²) in [6.07, 6.45) is 0.695. The van der Waals surface area contributed by atoms with Gasteiger partial charge >= 0.3 is 0 Å². The minimum absolute atomic E-state index is 0.0229. The van der Waals surface area contributed by atoms with E-state index < -0.39 is 0 Å². The van der Waals surface area contributed by atoms with E-state index in [1.165, 1.54) is 0 Å². The Labute approximate surface area is 164 Å². The van der Waals surface area contributed by atoms with Gasteiger partial charge in [0.25, 0.3) is 5.91 Å². The molecule has 1 amide bonds. The van der Waals surface area contributed by atoms with E-state index in [4.69, 9.17) is 21.4 Å². The van der Waals surface area contributed by atoms with E-state index in [9.17, 15) is 4.79 Å². The number of carbonyl (C=O) groups excluding carboxylic acids is 1. The van der Waals surface area contributed by atoms with Gasteiger partial charge in [-0.2, -0.15) is 5.10 Å². The van der Waals surface area contributed by atoms with Crippen LogP contribution in [0.25, 0.3) is 0 Å². The number of hydrazone groups is 1. The zero-order valence-electron chi connectivity index (χ0n) is 15.1. The SMILES string of the molecule is O=C(CN1CCOCC1)N1N=C(c2ccc(Cl)cc2)C[C@@H]1c1ccccc1. The van der Waals surface area contributed by atoms with Crippen LogP contribution in [0.3, 0.4) is 0 Å². The van der Waals surface area contributed by atoms with Crippen molar-refractivity contribution in [1.29, 1.82) is 0 Å². The molecule has 1 saturated heterocycles.